The van der Waals surface area contributed by atoms with E-state index in [-0.39, 0.29) is 17.3 Å². The second-order valence-electron chi connectivity index (χ2n) is 9.02. The van der Waals surface area contributed by atoms with Crippen LogP contribution in [0.25, 0.3) is 23.0 Å². The second kappa shape index (κ2) is 12.4. The van der Waals surface area contributed by atoms with Crippen molar-refractivity contribution in [1.82, 2.24) is 14.7 Å². The highest BCUT2D eigenvalue weighted by Gasteiger charge is 2.32. The monoisotopic (exact) mass is 586 g/mol. The quantitative estimate of drug-likeness (QED) is 0.0924. The molecule has 1 fully saturated rings. The van der Waals surface area contributed by atoms with Gasteiger partial charge in [0.2, 0.25) is 0 Å². The number of carbonyl (C=O) groups is 1. The van der Waals surface area contributed by atoms with Crippen LogP contribution in [-0.2, 0) is 11.2 Å². The lowest BCUT2D eigenvalue weighted by Crippen LogP contribution is -2.30. The molecule has 0 atom stereocenters. The molecule has 1 saturated heterocycles. The van der Waals surface area contributed by atoms with E-state index in [4.69, 9.17) is 26.8 Å². The molecule has 0 aliphatic carbocycles. The summed E-state index contributed by atoms with van der Waals surface area (Å²) in [5.74, 6) is 0.764. The normalized spacial score (nSPS) is 14.1. The minimum absolute atomic E-state index is 0.158. The number of benzene rings is 3. The number of thiocarbonyl (C=S) groups is 1. The molecule has 1 aliphatic heterocycles. The van der Waals surface area contributed by atoms with Gasteiger partial charge in [0.1, 0.15) is 15.8 Å². The van der Waals surface area contributed by atoms with Crippen molar-refractivity contribution in [2.45, 2.75) is 13.3 Å². The molecule has 0 N–H and O–H groups in total. The highest BCUT2D eigenvalue weighted by molar-refractivity contribution is 8.26. The summed E-state index contributed by atoms with van der Waals surface area (Å²) in [6, 6.07) is 21.9. The zero-order valence-electron chi connectivity index (χ0n) is 22.4. The molecule has 11 heteroatoms. The van der Waals surface area contributed by atoms with Crippen LogP contribution in [0.1, 0.15) is 18.1 Å². The lowest BCUT2D eigenvalue weighted by molar-refractivity contribution is -0.385. The van der Waals surface area contributed by atoms with E-state index in [1.54, 1.807) is 48.0 Å². The maximum atomic E-state index is 13.4. The Kier molecular flexibility index (Phi) is 8.46. The summed E-state index contributed by atoms with van der Waals surface area (Å²) in [6.45, 7) is 2.51. The number of carbonyl (C=O) groups excluding carboxylic acids is 1. The summed E-state index contributed by atoms with van der Waals surface area (Å²) in [5.41, 5.74) is 3.35. The molecule has 5 rings (SSSR count). The van der Waals surface area contributed by atoms with Crippen LogP contribution in [0.2, 0.25) is 0 Å². The van der Waals surface area contributed by atoms with Crippen LogP contribution in [0.4, 0.5) is 5.69 Å². The lowest BCUT2D eigenvalue weighted by atomic mass is 10.1. The first-order valence-electron chi connectivity index (χ1n) is 12.8. The number of hydrogen-bond donors (Lipinski definition) is 0. The predicted molar refractivity (Wildman–Crippen MR) is 163 cm³/mol. The fourth-order valence-electron chi connectivity index (χ4n) is 4.38. The Morgan fingerprint density at radius 2 is 1.85 bits per heavy atom. The summed E-state index contributed by atoms with van der Waals surface area (Å²) in [6.07, 6.45) is 4.18. The van der Waals surface area contributed by atoms with Crippen molar-refractivity contribution < 1.29 is 19.2 Å². The number of aromatic nitrogens is 2. The molecule has 3 aromatic carbocycles. The van der Waals surface area contributed by atoms with Gasteiger partial charge in [-0.05, 0) is 61.4 Å². The third kappa shape index (κ3) is 6.16. The van der Waals surface area contributed by atoms with Gasteiger partial charge >= 0.3 is 5.69 Å². The number of hydrogen-bond acceptors (Lipinski definition) is 8. The van der Waals surface area contributed by atoms with E-state index in [0.717, 1.165) is 17.0 Å². The van der Waals surface area contributed by atoms with E-state index < -0.39 is 4.92 Å². The highest BCUT2D eigenvalue weighted by Crippen LogP contribution is 2.37. The molecular weight excluding hydrogens is 560 g/mol. The van der Waals surface area contributed by atoms with Gasteiger partial charge in [-0.2, -0.15) is 5.10 Å². The Labute approximate surface area is 246 Å². The number of methoxy groups -OCH3 is 1. The first-order chi connectivity index (χ1) is 19.9. The van der Waals surface area contributed by atoms with Crippen LogP contribution < -0.4 is 9.47 Å². The van der Waals surface area contributed by atoms with E-state index in [1.165, 1.54) is 17.8 Å². The van der Waals surface area contributed by atoms with E-state index >= 15 is 0 Å². The summed E-state index contributed by atoms with van der Waals surface area (Å²) in [7, 11) is 1.62. The molecule has 0 saturated carbocycles. The summed E-state index contributed by atoms with van der Waals surface area (Å²) < 4.78 is 12.8. The van der Waals surface area contributed by atoms with Crippen molar-refractivity contribution in [3.8, 4) is 28.4 Å². The molecule has 1 amide bonds. The SMILES string of the molecule is CCOc1ccc(-c2nn(-c3ccccc3)cc2C=C2SC(=S)N(CCc3ccc(OC)cc3)C2=O)cc1[N+](=O)[O-]. The number of ether oxygens (including phenoxy) is 2. The van der Waals surface area contributed by atoms with Crippen molar-refractivity contribution in [1.29, 1.82) is 0 Å². The average Bonchev–Trinajstić information content (AvgIpc) is 3.53. The molecule has 41 heavy (non-hydrogen) atoms. The predicted octanol–water partition coefficient (Wildman–Crippen LogP) is 6.30. The van der Waals surface area contributed by atoms with E-state index in [2.05, 4.69) is 0 Å². The standard InChI is InChI=1S/C30H26N4O5S2/c1-3-39-26-14-11-21(17-25(26)34(36)37)28-22(19-33(31-28)23-7-5-4-6-8-23)18-27-29(35)32(30(40)41-27)16-15-20-9-12-24(38-2)13-10-20/h4-14,17-19H,3,15-16H2,1-2H3. The zero-order chi connectivity index (χ0) is 28.9. The number of amides is 1. The number of nitro groups is 1. The van der Waals surface area contributed by atoms with Crippen LogP contribution in [0.5, 0.6) is 11.5 Å². The van der Waals surface area contributed by atoms with E-state index in [1.807, 2.05) is 54.6 Å². The third-order valence-corrected chi connectivity index (χ3v) is 7.81. The molecular formula is C30H26N4O5S2. The number of para-hydroxylation sites is 1. The molecule has 1 aliphatic rings. The lowest BCUT2D eigenvalue weighted by Gasteiger charge is -2.14. The molecule has 0 spiro atoms. The van der Waals surface area contributed by atoms with Crippen molar-refractivity contribution in [2.75, 3.05) is 20.3 Å². The summed E-state index contributed by atoms with van der Waals surface area (Å²) >= 11 is 6.78. The zero-order valence-corrected chi connectivity index (χ0v) is 24.0. The Morgan fingerprint density at radius 3 is 2.54 bits per heavy atom. The topological polar surface area (TPSA) is 99.7 Å². The van der Waals surface area contributed by atoms with Crippen LogP contribution >= 0.6 is 24.0 Å². The molecule has 2 heterocycles. The van der Waals surface area contributed by atoms with Gasteiger partial charge in [0.25, 0.3) is 5.91 Å². The number of thioether (sulfide) groups is 1. The third-order valence-electron chi connectivity index (χ3n) is 6.44. The van der Waals surface area contributed by atoms with Gasteiger partial charge in [-0.25, -0.2) is 4.68 Å². The Hall–Kier alpha value is -4.48. The first-order valence-corrected chi connectivity index (χ1v) is 14.1. The number of nitro benzene ring substituents is 1. The smallest absolute Gasteiger partial charge is 0.311 e. The van der Waals surface area contributed by atoms with Gasteiger partial charge in [-0.1, -0.05) is 54.3 Å². The van der Waals surface area contributed by atoms with Gasteiger partial charge in [0.15, 0.2) is 5.75 Å². The van der Waals surface area contributed by atoms with Gasteiger partial charge in [0.05, 0.1) is 29.2 Å². The molecule has 0 radical (unpaired) electrons. The molecule has 208 valence electrons. The Balaban J connectivity index is 1.48. The maximum absolute atomic E-state index is 13.4. The van der Waals surface area contributed by atoms with E-state index in [9.17, 15) is 14.9 Å². The molecule has 0 unspecified atom stereocenters. The highest BCUT2D eigenvalue weighted by atomic mass is 32.2. The molecule has 9 nitrogen and oxygen atoms in total. The van der Waals surface area contributed by atoms with Gasteiger partial charge in [0, 0.05) is 29.9 Å². The maximum Gasteiger partial charge on any atom is 0.311 e. The minimum Gasteiger partial charge on any atom is -0.497 e. The molecule has 4 aromatic rings. The van der Waals surface area contributed by atoms with Gasteiger partial charge < -0.3 is 9.47 Å². The van der Waals surface area contributed by atoms with Crippen molar-refractivity contribution in [3.63, 3.8) is 0 Å². The van der Waals surface area contributed by atoms with Crippen LogP contribution in [0.3, 0.4) is 0 Å². The second-order valence-corrected chi connectivity index (χ2v) is 10.7. The fraction of sp³-hybridized carbons (Fsp3) is 0.167. The first kappa shape index (κ1) is 28.1. The van der Waals surface area contributed by atoms with Crippen molar-refractivity contribution in [2.24, 2.45) is 0 Å². The molecule has 0 bridgehead atoms. The van der Waals surface area contributed by atoms with Gasteiger partial charge in [-0.3, -0.25) is 19.8 Å². The average molecular weight is 587 g/mol. The van der Waals surface area contributed by atoms with Crippen LogP contribution in [-0.4, -0.2) is 50.1 Å². The molecule has 1 aromatic heterocycles. The van der Waals surface area contributed by atoms with Crippen molar-refractivity contribution in [3.05, 3.63) is 105 Å². The number of rotatable bonds is 10. The Bertz CT molecular complexity index is 1630. The minimum atomic E-state index is -0.476. The van der Waals surface area contributed by atoms with E-state index in [0.29, 0.717) is 45.6 Å². The van der Waals surface area contributed by atoms with Crippen molar-refractivity contribution >= 4 is 46.0 Å². The van der Waals surface area contributed by atoms with Crippen LogP contribution in [0.15, 0.2) is 83.9 Å². The van der Waals surface area contributed by atoms with Gasteiger partial charge in [-0.15, -0.1) is 0 Å². The fourth-order valence-corrected chi connectivity index (χ4v) is 5.68. The Morgan fingerprint density at radius 1 is 1.10 bits per heavy atom. The number of nitrogens with zero attached hydrogens (tertiary/aromatic N) is 4. The van der Waals surface area contributed by atoms with Crippen LogP contribution in [0, 0.1) is 10.1 Å². The summed E-state index contributed by atoms with van der Waals surface area (Å²) in [4.78, 5) is 26.8. The largest absolute Gasteiger partial charge is 0.497 e. The summed E-state index contributed by atoms with van der Waals surface area (Å²) in [5, 5.41) is 16.5.